The summed E-state index contributed by atoms with van der Waals surface area (Å²) < 4.78 is 10.5. The van der Waals surface area contributed by atoms with Crippen molar-refractivity contribution in [1.82, 2.24) is 0 Å². The van der Waals surface area contributed by atoms with E-state index in [1.54, 1.807) is 26.4 Å². The molecule has 2 aromatic rings. The van der Waals surface area contributed by atoms with Crippen LogP contribution < -0.4 is 9.47 Å². The predicted molar refractivity (Wildman–Crippen MR) is 58.7 cm³/mol. The van der Waals surface area contributed by atoms with E-state index >= 15 is 0 Å². The highest BCUT2D eigenvalue weighted by Crippen LogP contribution is 2.36. The lowest BCUT2D eigenvalue weighted by Crippen LogP contribution is -1.91. The van der Waals surface area contributed by atoms with Crippen LogP contribution in [0.25, 0.3) is 10.8 Å². The molecule has 0 heterocycles. The lowest BCUT2D eigenvalue weighted by Gasteiger charge is -2.10. The Bertz CT molecular complexity index is 491. The van der Waals surface area contributed by atoms with E-state index in [1.165, 1.54) is 0 Å². The van der Waals surface area contributed by atoms with Gasteiger partial charge in [-0.3, -0.25) is 0 Å². The summed E-state index contributed by atoms with van der Waals surface area (Å²) in [5.74, 6) is 1.63. The van der Waals surface area contributed by atoms with Crippen molar-refractivity contribution in [3.8, 4) is 17.2 Å². The number of rotatable bonds is 2. The van der Waals surface area contributed by atoms with Crippen LogP contribution >= 0.6 is 0 Å². The van der Waals surface area contributed by atoms with Gasteiger partial charge in [0.15, 0.2) is 11.5 Å². The molecule has 0 radical (unpaired) electrons. The van der Waals surface area contributed by atoms with E-state index < -0.39 is 0 Å². The van der Waals surface area contributed by atoms with Gasteiger partial charge in [-0.05, 0) is 29.7 Å². The molecule has 1 N–H and O–H groups in total. The van der Waals surface area contributed by atoms with Crippen LogP contribution in [0.2, 0.25) is 0 Å². The lowest BCUT2D eigenvalue weighted by atomic mass is 10.1. The monoisotopic (exact) mass is 204 g/mol. The maximum atomic E-state index is 9.35. The Kier molecular flexibility index (Phi) is 2.37. The van der Waals surface area contributed by atoms with E-state index in [-0.39, 0.29) is 5.75 Å². The van der Waals surface area contributed by atoms with E-state index in [2.05, 4.69) is 0 Å². The molecule has 0 aliphatic carbocycles. The van der Waals surface area contributed by atoms with Crippen LogP contribution in [0.1, 0.15) is 0 Å². The minimum Gasteiger partial charge on any atom is -0.508 e. The molecule has 0 aliphatic heterocycles. The molecule has 15 heavy (non-hydrogen) atoms. The summed E-state index contributed by atoms with van der Waals surface area (Å²) in [5, 5.41) is 11.2. The van der Waals surface area contributed by atoms with Gasteiger partial charge >= 0.3 is 0 Å². The summed E-state index contributed by atoms with van der Waals surface area (Å²) in [6.45, 7) is 0. The number of ether oxygens (including phenoxy) is 2. The average Bonchev–Trinajstić information content (AvgIpc) is 2.27. The third-order valence-electron chi connectivity index (χ3n) is 2.34. The maximum Gasteiger partial charge on any atom is 0.168 e. The Labute approximate surface area is 87.9 Å². The number of phenolic OH excluding ortho intramolecular Hbond substituents is 1. The highest BCUT2D eigenvalue weighted by atomic mass is 16.5. The number of methoxy groups -OCH3 is 2. The third-order valence-corrected chi connectivity index (χ3v) is 2.34. The van der Waals surface area contributed by atoms with Crippen molar-refractivity contribution in [2.45, 2.75) is 0 Å². The first-order valence-corrected chi connectivity index (χ1v) is 4.60. The Morgan fingerprint density at radius 2 is 1.80 bits per heavy atom. The molecule has 0 aromatic heterocycles. The topological polar surface area (TPSA) is 38.7 Å². The average molecular weight is 204 g/mol. The molecule has 3 heteroatoms. The third kappa shape index (κ3) is 1.56. The minimum atomic E-state index is 0.245. The van der Waals surface area contributed by atoms with Crippen molar-refractivity contribution < 1.29 is 14.6 Å². The van der Waals surface area contributed by atoms with E-state index in [1.807, 2.05) is 18.2 Å². The molecular formula is C12H12O3. The van der Waals surface area contributed by atoms with Crippen molar-refractivity contribution in [3.63, 3.8) is 0 Å². The van der Waals surface area contributed by atoms with Gasteiger partial charge in [0.25, 0.3) is 0 Å². The zero-order valence-electron chi connectivity index (χ0n) is 8.65. The molecule has 0 bridgehead atoms. The second-order valence-corrected chi connectivity index (χ2v) is 3.21. The molecule has 0 fully saturated rings. The van der Waals surface area contributed by atoms with Crippen LogP contribution in [0.5, 0.6) is 17.2 Å². The summed E-state index contributed by atoms with van der Waals surface area (Å²) in [4.78, 5) is 0. The Hall–Kier alpha value is -1.90. The standard InChI is InChI=1S/C12H12O3/c1-14-11-6-3-8-7-9(13)4-5-10(8)12(11)15-2/h3-7,13H,1-2H3. The van der Waals surface area contributed by atoms with Crippen LogP contribution in [0.4, 0.5) is 0 Å². The van der Waals surface area contributed by atoms with Crippen LogP contribution in [-0.4, -0.2) is 19.3 Å². The quantitative estimate of drug-likeness (QED) is 0.817. The van der Waals surface area contributed by atoms with Gasteiger partial charge in [0.1, 0.15) is 5.75 Å². The van der Waals surface area contributed by atoms with E-state index in [0.29, 0.717) is 11.5 Å². The largest absolute Gasteiger partial charge is 0.508 e. The molecule has 3 nitrogen and oxygen atoms in total. The Morgan fingerprint density at radius 1 is 1.00 bits per heavy atom. The SMILES string of the molecule is COc1ccc2cc(O)ccc2c1OC. The van der Waals surface area contributed by atoms with E-state index in [0.717, 1.165) is 10.8 Å². The highest BCUT2D eigenvalue weighted by Gasteiger charge is 2.08. The lowest BCUT2D eigenvalue weighted by molar-refractivity contribution is 0.358. The molecule has 0 saturated carbocycles. The zero-order chi connectivity index (χ0) is 10.8. The van der Waals surface area contributed by atoms with Gasteiger partial charge in [0, 0.05) is 5.39 Å². The molecule has 2 aromatic carbocycles. The molecule has 2 rings (SSSR count). The number of aromatic hydroxyl groups is 1. The summed E-state index contributed by atoms with van der Waals surface area (Å²) in [6.07, 6.45) is 0. The van der Waals surface area contributed by atoms with Crippen molar-refractivity contribution in [3.05, 3.63) is 30.3 Å². The molecule has 0 spiro atoms. The number of fused-ring (bicyclic) bond motifs is 1. The molecule has 0 saturated heterocycles. The number of hydrogen-bond acceptors (Lipinski definition) is 3. The fraction of sp³-hybridized carbons (Fsp3) is 0.167. The maximum absolute atomic E-state index is 9.35. The second kappa shape index (κ2) is 3.69. The number of phenols is 1. The van der Waals surface area contributed by atoms with Gasteiger partial charge in [0.2, 0.25) is 0 Å². The first kappa shape index (κ1) is 9.65. The van der Waals surface area contributed by atoms with Crippen LogP contribution in [0.15, 0.2) is 30.3 Å². The normalized spacial score (nSPS) is 10.3. The van der Waals surface area contributed by atoms with Gasteiger partial charge in [-0.15, -0.1) is 0 Å². The van der Waals surface area contributed by atoms with Gasteiger partial charge in [-0.2, -0.15) is 0 Å². The van der Waals surface area contributed by atoms with E-state index in [4.69, 9.17) is 9.47 Å². The van der Waals surface area contributed by atoms with Crippen LogP contribution in [0.3, 0.4) is 0 Å². The molecule has 0 aliphatic rings. The predicted octanol–water partition coefficient (Wildman–Crippen LogP) is 2.56. The smallest absolute Gasteiger partial charge is 0.168 e. The van der Waals surface area contributed by atoms with Crippen molar-refractivity contribution in [2.75, 3.05) is 14.2 Å². The number of hydrogen-bond donors (Lipinski definition) is 1. The van der Waals surface area contributed by atoms with Gasteiger partial charge in [-0.25, -0.2) is 0 Å². The van der Waals surface area contributed by atoms with Gasteiger partial charge < -0.3 is 14.6 Å². The van der Waals surface area contributed by atoms with Crippen LogP contribution in [-0.2, 0) is 0 Å². The fourth-order valence-corrected chi connectivity index (χ4v) is 1.64. The Balaban J connectivity index is 2.76. The number of benzene rings is 2. The highest BCUT2D eigenvalue weighted by molar-refractivity contribution is 5.91. The molecule has 0 atom stereocenters. The van der Waals surface area contributed by atoms with Gasteiger partial charge in [0.05, 0.1) is 14.2 Å². The van der Waals surface area contributed by atoms with Crippen LogP contribution in [0, 0.1) is 0 Å². The van der Waals surface area contributed by atoms with Gasteiger partial charge in [-0.1, -0.05) is 6.07 Å². The summed E-state index contributed by atoms with van der Waals surface area (Å²) in [7, 11) is 3.20. The fourth-order valence-electron chi connectivity index (χ4n) is 1.64. The first-order valence-electron chi connectivity index (χ1n) is 4.60. The molecular weight excluding hydrogens is 192 g/mol. The van der Waals surface area contributed by atoms with Crippen molar-refractivity contribution in [1.29, 1.82) is 0 Å². The van der Waals surface area contributed by atoms with E-state index in [9.17, 15) is 5.11 Å². The zero-order valence-corrected chi connectivity index (χ0v) is 8.65. The summed E-state index contributed by atoms with van der Waals surface area (Å²) in [5.41, 5.74) is 0. The summed E-state index contributed by atoms with van der Waals surface area (Å²) >= 11 is 0. The second-order valence-electron chi connectivity index (χ2n) is 3.21. The Morgan fingerprint density at radius 3 is 2.47 bits per heavy atom. The van der Waals surface area contributed by atoms with Crippen molar-refractivity contribution >= 4 is 10.8 Å². The first-order chi connectivity index (χ1) is 7.26. The molecule has 78 valence electrons. The molecule has 0 unspecified atom stereocenters. The molecule has 0 amide bonds. The summed E-state index contributed by atoms with van der Waals surface area (Å²) in [6, 6.07) is 8.84. The minimum absolute atomic E-state index is 0.245. The van der Waals surface area contributed by atoms with Crippen molar-refractivity contribution in [2.24, 2.45) is 0 Å².